The van der Waals surface area contributed by atoms with E-state index in [0.717, 1.165) is 40.8 Å². The predicted molar refractivity (Wildman–Crippen MR) is 122 cm³/mol. The second-order valence-corrected chi connectivity index (χ2v) is 9.63. The van der Waals surface area contributed by atoms with Gasteiger partial charge in [-0.15, -0.1) is 11.8 Å². The lowest BCUT2D eigenvalue weighted by Gasteiger charge is -2.31. The van der Waals surface area contributed by atoms with Crippen molar-refractivity contribution in [1.82, 2.24) is 19.9 Å². The van der Waals surface area contributed by atoms with E-state index in [-0.39, 0.29) is 0 Å². The Morgan fingerprint density at radius 1 is 0.967 bits per heavy atom. The number of pyridine rings is 2. The topological polar surface area (TPSA) is 51.1 Å². The molecule has 0 N–H and O–H groups in total. The number of nitrogens with zero attached hydrogens (tertiary/aromatic N) is 4. The molecule has 1 aromatic carbocycles. The third-order valence-corrected chi connectivity index (χ3v) is 7.32. The van der Waals surface area contributed by atoms with Gasteiger partial charge >= 0.3 is 0 Å². The largest absolute Gasteiger partial charge is 0.431 e. The molecule has 0 bridgehead atoms. The van der Waals surface area contributed by atoms with Crippen molar-refractivity contribution >= 4 is 33.4 Å². The third kappa shape index (κ3) is 4.80. The molecule has 0 atom stereocenters. The van der Waals surface area contributed by atoms with Gasteiger partial charge in [0.05, 0.1) is 9.73 Å². The van der Waals surface area contributed by atoms with E-state index in [0.29, 0.717) is 10.4 Å². The van der Waals surface area contributed by atoms with Crippen molar-refractivity contribution in [3.05, 3.63) is 72.6 Å². The average Bonchev–Trinajstić information content (AvgIpc) is 3.19. The van der Waals surface area contributed by atoms with Crippen molar-refractivity contribution in [3.8, 4) is 10.9 Å². The van der Waals surface area contributed by atoms with Crippen LogP contribution in [-0.4, -0.2) is 38.2 Å². The van der Waals surface area contributed by atoms with E-state index in [1.54, 1.807) is 6.20 Å². The molecule has 4 heterocycles. The minimum Gasteiger partial charge on any atom is -0.431 e. The zero-order valence-electron chi connectivity index (χ0n) is 16.5. The maximum Gasteiger partial charge on any atom is 0.281 e. The van der Waals surface area contributed by atoms with Gasteiger partial charge in [0, 0.05) is 24.2 Å². The number of hydrogen-bond acceptors (Lipinski definition) is 7. The van der Waals surface area contributed by atoms with E-state index in [1.165, 1.54) is 29.7 Å². The standard InChI is InChI=1S/C23H22N4OS2/c1-2-12-24-21(5-1)29-19-10-14-27(15-11-19)16-17-6-8-18(9-7-17)28-23-26-22-20(30-23)4-3-13-25-22/h1-9,12-13,19H,10-11,14-16H2. The van der Waals surface area contributed by atoms with Gasteiger partial charge in [-0.25, -0.2) is 9.97 Å². The van der Waals surface area contributed by atoms with Gasteiger partial charge in [0.25, 0.3) is 5.19 Å². The molecule has 0 unspecified atom stereocenters. The first-order valence-electron chi connectivity index (χ1n) is 10.1. The highest BCUT2D eigenvalue weighted by Crippen LogP contribution is 2.31. The molecule has 0 radical (unpaired) electrons. The molecule has 1 aliphatic heterocycles. The third-order valence-electron chi connectivity index (χ3n) is 5.14. The van der Waals surface area contributed by atoms with E-state index >= 15 is 0 Å². The Kier molecular flexibility index (Phi) is 5.92. The summed E-state index contributed by atoms with van der Waals surface area (Å²) in [6.45, 7) is 3.23. The fourth-order valence-electron chi connectivity index (χ4n) is 3.59. The summed E-state index contributed by atoms with van der Waals surface area (Å²) >= 11 is 3.43. The monoisotopic (exact) mass is 434 g/mol. The van der Waals surface area contributed by atoms with Crippen LogP contribution in [0.2, 0.25) is 0 Å². The number of benzene rings is 1. The number of fused-ring (bicyclic) bond motifs is 1. The van der Waals surface area contributed by atoms with Crippen LogP contribution in [0.25, 0.3) is 10.3 Å². The number of piperidine rings is 1. The number of likely N-dealkylation sites (tertiary alicyclic amines) is 1. The fraction of sp³-hybridized carbons (Fsp3) is 0.261. The number of thioether (sulfide) groups is 1. The summed E-state index contributed by atoms with van der Waals surface area (Å²) in [5.41, 5.74) is 2.04. The van der Waals surface area contributed by atoms with Gasteiger partial charge in [0.1, 0.15) is 5.75 Å². The Balaban J connectivity index is 1.13. The highest BCUT2D eigenvalue weighted by atomic mass is 32.2. The van der Waals surface area contributed by atoms with Gasteiger partial charge < -0.3 is 4.74 Å². The zero-order chi connectivity index (χ0) is 20.2. The molecule has 5 rings (SSSR count). The zero-order valence-corrected chi connectivity index (χ0v) is 18.1. The van der Waals surface area contributed by atoms with Crippen LogP contribution in [0, 0.1) is 0 Å². The molecule has 1 aliphatic rings. The van der Waals surface area contributed by atoms with E-state index in [4.69, 9.17) is 4.74 Å². The molecule has 0 saturated carbocycles. The second-order valence-electron chi connectivity index (χ2n) is 7.31. The lowest BCUT2D eigenvalue weighted by molar-refractivity contribution is 0.224. The Hall–Kier alpha value is -2.48. The van der Waals surface area contributed by atoms with Gasteiger partial charge in [-0.05, 0) is 67.9 Å². The molecule has 4 aromatic rings. The van der Waals surface area contributed by atoms with E-state index in [2.05, 4.69) is 44.1 Å². The maximum absolute atomic E-state index is 5.92. The predicted octanol–water partition coefficient (Wildman–Crippen LogP) is 5.64. The molecule has 7 heteroatoms. The first-order chi connectivity index (χ1) is 14.8. The van der Waals surface area contributed by atoms with Crippen molar-refractivity contribution in [1.29, 1.82) is 0 Å². The van der Waals surface area contributed by atoms with Gasteiger partial charge in [-0.3, -0.25) is 4.90 Å². The second kappa shape index (κ2) is 9.12. The minimum absolute atomic E-state index is 0.629. The molecule has 30 heavy (non-hydrogen) atoms. The molecular formula is C23H22N4OS2. The Labute approximate surface area is 184 Å². The molecule has 0 amide bonds. The summed E-state index contributed by atoms with van der Waals surface area (Å²) in [5.74, 6) is 0.809. The van der Waals surface area contributed by atoms with Gasteiger partial charge in [0.15, 0.2) is 5.65 Å². The fourth-order valence-corrected chi connectivity index (χ4v) is 5.45. The normalized spacial score (nSPS) is 15.5. The van der Waals surface area contributed by atoms with Gasteiger partial charge in [-0.1, -0.05) is 29.5 Å². The molecule has 1 saturated heterocycles. The van der Waals surface area contributed by atoms with Crippen molar-refractivity contribution < 1.29 is 4.74 Å². The van der Waals surface area contributed by atoms with E-state index in [1.807, 2.05) is 48.3 Å². The quantitative estimate of drug-likeness (QED) is 0.392. The Morgan fingerprint density at radius 2 is 1.80 bits per heavy atom. The van der Waals surface area contributed by atoms with Crippen LogP contribution in [0.5, 0.6) is 10.9 Å². The van der Waals surface area contributed by atoms with Crippen LogP contribution in [0.15, 0.2) is 72.0 Å². The molecule has 3 aromatic heterocycles. The molecule has 0 aliphatic carbocycles. The van der Waals surface area contributed by atoms with E-state index < -0.39 is 0 Å². The summed E-state index contributed by atoms with van der Waals surface area (Å²) in [5, 5.41) is 2.43. The van der Waals surface area contributed by atoms with Crippen LogP contribution in [-0.2, 0) is 6.54 Å². The first kappa shape index (κ1) is 19.5. The summed E-state index contributed by atoms with van der Waals surface area (Å²) in [7, 11) is 0. The van der Waals surface area contributed by atoms with Crippen molar-refractivity contribution in [2.75, 3.05) is 13.1 Å². The minimum atomic E-state index is 0.629. The van der Waals surface area contributed by atoms with Crippen molar-refractivity contribution in [2.45, 2.75) is 29.7 Å². The van der Waals surface area contributed by atoms with Crippen LogP contribution < -0.4 is 4.74 Å². The highest BCUT2D eigenvalue weighted by Gasteiger charge is 2.20. The van der Waals surface area contributed by atoms with Gasteiger partial charge in [-0.2, -0.15) is 4.98 Å². The summed E-state index contributed by atoms with van der Waals surface area (Å²) in [4.78, 5) is 15.7. The summed E-state index contributed by atoms with van der Waals surface area (Å²) in [6.07, 6.45) is 6.03. The molecule has 1 fully saturated rings. The molecular weight excluding hydrogens is 412 g/mol. The van der Waals surface area contributed by atoms with Crippen LogP contribution in [0.1, 0.15) is 18.4 Å². The van der Waals surface area contributed by atoms with Crippen LogP contribution in [0.4, 0.5) is 0 Å². The smallest absolute Gasteiger partial charge is 0.281 e. The lowest BCUT2D eigenvalue weighted by atomic mass is 10.1. The van der Waals surface area contributed by atoms with Crippen LogP contribution in [0.3, 0.4) is 0 Å². The average molecular weight is 435 g/mol. The highest BCUT2D eigenvalue weighted by molar-refractivity contribution is 7.99. The molecule has 0 spiro atoms. The number of aromatic nitrogens is 3. The Bertz CT molecular complexity index is 1060. The SMILES string of the molecule is c1ccc(SC2CCN(Cc3ccc(Oc4nc5ncccc5s4)cc3)CC2)nc1. The Morgan fingerprint density at radius 3 is 2.57 bits per heavy atom. The first-order valence-corrected chi connectivity index (χ1v) is 11.8. The number of hydrogen-bond donors (Lipinski definition) is 0. The lowest BCUT2D eigenvalue weighted by Crippen LogP contribution is -2.34. The van der Waals surface area contributed by atoms with Crippen LogP contribution >= 0.6 is 23.1 Å². The number of ether oxygens (including phenoxy) is 1. The van der Waals surface area contributed by atoms with Gasteiger partial charge in [0.2, 0.25) is 0 Å². The molecule has 152 valence electrons. The summed E-state index contributed by atoms with van der Waals surface area (Å²) < 4.78 is 6.96. The number of rotatable bonds is 6. The van der Waals surface area contributed by atoms with Crippen molar-refractivity contribution in [3.63, 3.8) is 0 Å². The molecule has 5 nitrogen and oxygen atoms in total. The van der Waals surface area contributed by atoms with E-state index in [9.17, 15) is 0 Å². The number of thiazole rings is 1. The summed E-state index contributed by atoms with van der Waals surface area (Å²) in [6, 6.07) is 18.4. The maximum atomic E-state index is 5.92. The van der Waals surface area contributed by atoms with Crippen molar-refractivity contribution in [2.24, 2.45) is 0 Å².